The normalized spacial score (nSPS) is 13.9. The number of thiazole rings is 1. The summed E-state index contributed by atoms with van der Waals surface area (Å²) >= 11 is 1.50. The highest BCUT2D eigenvalue weighted by atomic mass is 32.1. The van der Waals surface area contributed by atoms with Crippen LogP contribution >= 0.6 is 11.3 Å². The molecule has 2 amide bonds. The van der Waals surface area contributed by atoms with Gasteiger partial charge in [-0.3, -0.25) is 9.69 Å². The molecule has 29 heavy (non-hydrogen) atoms. The molecule has 4 rings (SSSR count). The number of anilines is 1. The zero-order valence-electron chi connectivity index (χ0n) is 16.4. The summed E-state index contributed by atoms with van der Waals surface area (Å²) in [5.74, 6) is 0.142. The fourth-order valence-corrected chi connectivity index (χ4v) is 4.26. The number of hydrogen-bond acceptors (Lipinski definition) is 4. The van der Waals surface area contributed by atoms with Gasteiger partial charge in [0.15, 0.2) is 10.9 Å². The van der Waals surface area contributed by atoms with Gasteiger partial charge < -0.3 is 4.90 Å². The lowest BCUT2D eigenvalue weighted by Gasteiger charge is -2.17. The van der Waals surface area contributed by atoms with Crippen LogP contribution in [0.4, 0.5) is 9.93 Å². The van der Waals surface area contributed by atoms with Crippen LogP contribution in [0, 0.1) is 6.92 Å². The van der Waals surface area contributed by atoms with Crippen LogP contribution in [0.2, 0.25) is 0 Å². The highest BCUT2D eigenvalue weighted by Gasteiger charge is 2.31. The number of aryl methyl sites for hydroxylation is 2. The molecule has 1 saturated heterocycles. The lowest BCUT2D eigenvalue weighted by molar-refractivity contribution is 0.0982. The van der Waals surface area contributed by atoms with Gasteiger partial charge >= 0.3 is 6.03 Å². The van der Waals surface area contributed by atoms with Gasteiger partial charge in [-0.15, -0.1) is 11.3 Å². The number of rotatable bonds is 7. The summed E-state index contributed by atoms with van der Waals surface area (Å²) in [5, 5.41) is 2.72. The summed E-state index contributed by atoms with van der Waals surface area (Å²) in [6.07, 6.45) is 1.24. The number of nitrogens with zero attached hydrogens (tertiary/aromatic N) is 3. The highest BCUT2D eigenvalue weighted by Crippen LogP contribution is 2.25. The molecule has 1 aliphatic heterocycles. The summed E-state index contributed by atoms with van der Waals surface area (Å²) in [5.41, 5.74) is 3.85. The van der Waals surface area contributed by atoms with Crippen molar-refractivity contribution >= 4 is 28.3 Å². The van der Waals surface area contributed by atoms with Gasteiger partial charge in [0.05, 0.1) is 5.69 Å². The average molecular weight is 406 g/mol. The van der Waals surface area contributed by atoms with Crippen LogP contribution in [0.1, 0.15) is 33.6 Å². The van der Waals surface area contributed by atoms with E-state index in [1.54, 1.807) is 4.90 Å². The van der Waals surface area contributed by atoms with E-state index in [1.165, 1.54) is 16.9 Å². The second kappa shape index (κ2) is 8.57. The first-order chi connectivity index (χ1) is 14.1. The van der Waals surface area contributed by atoms with Crippen LogP contribution in [-0.2, 0) is 13.0 Å². The minimum Gasteiger partial charge on any atom is -0.318 e. The molecule has 2 heterocycles. The van der Waals surface area contributed by atoms with Crippen LogP contribution in [0.3, 0.4) is 0 Å². The third kappa shape index (κ3) is 4.54. The molecule has 0 saturated carbocycles. The molecule has 1 aromatic heterocycles. The van der Waals surface area contributed by atoms with E-state index in [1.807, 2.05) is 71.8 Å². The molecular weight excluding hydrogens is 382 g/mol. The first-order valence-electron chi connectivity index (χ1n) is 9.75. The van der Waals surface area contributed by atoms with Crippen molar-refractivity contribution in [3.8, 4) is 0 Å². The quantitative estimate of drug-likeness (QED) is 0.535. The molecule has 148 valence electrons. The topological polar surface area (TPSA) is 53.5 Å². The molecule has 2 aromatic carbocycles. The van der Waals surface area contributed by atoms with E-state index in [9.17, 15) is 9.59 Å². The number of ketones is 1. The molecule has 0 atom stereocenters. The Morgan fingerprint density at radius 1 is 1.03 bits per heavy atom. The number of carbonyl (C=O) groups is 2. The first kappa shape index (κ1) is 19.3. The highest BCUT2D eigenvalue weighted by molar-refractivity contribution is 7.14. The van der Waals surface area contributed by atoms with Gasteiger partial charge in [-0.05, 0) is 24.5 Å². The van der Waals surface area contributed by atoms with Crippen molar-refractivity contribution < 1.29 is 9.59 Å². The van der Waals surface area contributed by atoms with Crippen LogP contribution in [-0.4, -0.2) is 34.8 Å². The maximum atomic E-state index is 12.7. The molecule has 6 heteroatoms. The van der Waals surface area contributed by atoms with E-state index in [-0.39, 0.29) is 11.8 Å². The number of hydrogen-bond donors (Lipinski definition) is 0. The number of amides is 2. The van der Waals surface area contributed by atoms with E-state index in [0.29, 0.717) is 26.1 Å². The van der Waals surface area contributed by atoms with Crippen LogP contribution in [0.5, 0.6) is 0 Å². The van der Waals surface area contributed by atoms with Gasteiger partial charge in [0, 0.05) is 37.0 Å². The zero-order valence-corrected chi connectivity index (χ0v) is 17.2. The number of carbonyl (C=O) groups excluding carboxylic acids is 2. The lowest BCUT2D eigenvalue weighted by atomic mass is 10.0. The maximum absolute atomic E-state index is 12.7. The van der Waals surface area contributed by atoms with E-state index in [0.717, 1.165) is 28.4 Å². The number of benzene rings is 2. The SMILES string of the molecule is Cc1csc(N2CCN(Cc3ccc(C(=O)CCc4ccccc4)cc3)C2=O)n1. The van der Waals surface area contributed by atoms with Gasteiger partial charge in [-0.25, -0.2) is 9.78 Å². The van der Waals surface area contributed by atoms with Gasteiger partial charge in [-0.1, -0.05) is 54.6 Å². The summed E-state index contributed by atoms with van der Waals surface area (Å²) in [7, 11) is 0. The monoisotopic (exact) mass is 405 g/mol. The summed E-state index contributed by atoms with van der Waals surface area (Å²) in [6.45, 7) is 3.80. The Bertz CT molecular complexity index is 998. The summed E-state index contributed by atoms with van der Waals surface area (Å²) < 4.78 is 0. The molecule has 1 aliphatic rings. The Balaban J connectivity index is 1.33. The maximum Gasteiger partial charge on any atom is 0.326 e. The van der Waals surface area contributed by atoms with Crippen molar-refractivity contribution in [1.82, 2.24) is 9.88 Å². The van der Waals surface area contributed by atoms with Crippen molar-refractivity contribution in [2.75, 3.05) is 18.0 Å². The van der Waals surface area contributed by atoms with Crippen molar-refractivity contribution in [3.63, 3.8) is 0 Å². The zero-order chi connectivity index (χ0) is 20.2. The van der Waals surface area contributed by atoms with Crippen molar-refractivity contribution in [2.24, 2.45) is 0 Å². The van der Waals surface area contributed by atoms with Crippen LogP contribution < -0.4 is 4.90 Å². The molecule has 0 bridgehead atoms. The Kier molecular flexibility index (Phi) is 5.71. The van der Waals surface area contributed by atoms with Crippen molar-refractivity contribution in [1.29, 1.82) is 0 Å². The fourth-order valence-electron chi connectivity index (χ4n) is 3.44. The molecular formula is C23H23N3O2S. The van der Waals surface area contributed by atoms with Crippen molar-refractivity contribution in [3.05, 3.63) is 82.4 Å². The van der Waals surface area contributed by atoms with E-state index < -0.39 is 0 Å². The second-order valence-corrected chi connectivity index (χ2v) is 8.07. The van der Waals surface area contributed by atoms with Gasteiger partial charge in [0.25, 0.3) is 0 Å². The van der Waals surface area contributed by atoms with Crippen molar-refractivity contribution in [2.45, 2.75) is 26.3 Å². The van der Waals surface area contributed by atoms with Crippen LogP contribution in [0.15, 0.2) is 60.0 Å². The van der Waals surface area contributed by atoms with E-state index >= 15 is 0 Å². The Labute approximate surface area is 174 Å². The molecule has 0 radical (unpaired) electrons. The predicted octanol–water partition coefficient (Wildman–Crippen LogP) is 4.71. The summed E-state index contributed by atoms with van der Waals surface area (Å²) in [6, 6.07) is 17.7. The molecule has 0 spiro atoms. The Morgan fingerprint density at radius 2 is 1.79 bits per heavy atom. The number of Topliss-reactive ketones (excluding diaryl/α,β-unsaturated/α-hetero) is 1. The molecule has 5 nitrogen and oxygen atoms in total. The Morgan fingerprint density at radius 3 is 2.48 bits per heavy atom. The number of aromatic nitrogens is 1. The minimum absolute atomic E-state index is 0.0117. The average Bonchev–Trinajstić information content (AvgIpc) is 3.33. The van der Waals surface area contributed by atoms with Crippen LogP contribution in [0.25, 0.3) is 0 Å². The van der Waals surface area contributed by atoms with E-state index in [4.69, 9.17) is 0 Å². The third-order valence-electron chi connectivity index (χ3n) is 5.07. The second-order valence-electron chi connectivity index (χ2n) is 7.23. The fraction of sp³-hybridized carbons (Fsp3) is 0.261. The third-order valence-corrected chi connectivity index (χ3v) is 6.05. The molecule has 3 aromatic rings. The van der Waals surface area contributed by atoms with Gasteiger partial charge in [0.2, 0.25) is 0 Å². The predicted molar refractivity (Wildman–Crippen MR) is 116 cm³/mol. The first-order valence-corrected chi connectivity index (χ1v) is 10.6. The van der Waals surface area contributed by atoms with Gasteiger partial charge in [0.1, 0.15) is 0 Å². The lowest BCUT2D eigenvalue weighted by Crippen LogP contribution is -2.31. The summed E-state index contributed by atoms with van der Waals surface area (Å²) in [4.78, 5) is 33.1. The molecule has 0 N–H and O–H groups in total. The largest absolute Gasteiger partial charge is 0.326 e. The smallest absolute Gasteiger partial charge is 0.318 e. The molecule has 1 fully saturated rings. The van der Waals surface area contributed by atoms with E-state index in [2.05, 4.69) is 4.98 Å². The number of urea groups is 1. The standard InChI is InChI=1S/C23H23N3O2S/c1-17-16-29-22(24-17)26-14-13-25(23(26)28)15-19-7-10-20(11-8-19)21(27)12-9-18-5-3-2-4-6-18/h2-8,10-11,16H,9,12-15H2,1H3. The van der Waals surface area contributed by atoms with Gasteiger partial charge in [-0.2, -0.15) is 0 Å². The molecule has 0 unspecified atom stereocenters. The molecule has 0 aliphatic carbocycles. The minimum atomic E-state index is -0.0117. The Hall–Kier alpha value is -2.99.